The van der Waals surface area contributed by atoms with Gasteiger partial charge in [-0.3, -0.25) is 0 Å². The molecule has 0 amide bonds. The minimum Gasteiger partial charge on any atom is -0.225 e. The van der Waals surface area contributed by atoms with Crippen molar-refractivity contribution in [3.63, 3.8) is 0 Å². The standard InChI is InChI=1S/C15H2F9/c16-4-1-2-6(17)5(3-4)15(24)8-7(10(19)14(15)23)9(18)12(21)13(22)11(8)20/h2-3H. The van der Waals surface area contributed by atoms with Crippen molar-refractivity contribution in [3.05, 3.63) is 75.6 Å². The minimum atomic E-state index is -4.22. The summed E-state index contributed by atoms with van der Waals surface area (Å²) in [7, 11) is 0. The summed E-state index contributed by atoms with van der Waals surface area (Å²) in [5.41, 5.74) is -9.65. The molecule has 2 aromatic carbocycles. The first-order valence-electron chi connectivity index (χ1n) is 6.11. The molecule has 1 unspecified atom stereocenters. The predicted octanol–water partition coefficient (Wildman–Crippen LogP) is 5.16. The second-order valence-electron chi connectivity index (χ2n) is 4.83. The molecule has 0 bridgehead atoms. The topological polar surface area (TPSA) is 0 Å². The van der Waals surface area contributed by atoms with E-state index >= 15 is 4.39 Å². The Balaban J connectivity index is 2.49. The lowest BCUT2D eigenvalue weighted by Gasteiger charge is -2.22. The van der Waals surface area contributed by atoms with Crippen LogP contribution in [0, 0.1) is 41.0 Å². The van der Waals surface area contributed by atoms with Crippen LogP contribution in [0.15, 0.2) is 18.0 Å². The van der Waals surface area contributed by atoms with Gasteiger partial charge in [-0.05, 0) is 12.1 Å². The largest absolute Gasteiger partial charge is 0.225 e. The van der Waals surface area contributed by atoms with Crippen LogP contribution in [0.2, 0.25) is 0 Å². The smallest absolute Gasteiger partial charge is 0.221 e. The number of fused-ring (bicyclic) bond motifs is 1. The van der Waals surface area contributed by atoms with Crippen molar-refractivity contribution in [1.82, 2.24) is 0 Å². The molecule has 0 nitrogen and oxygen atoms in total. The quantitative estimate of drug-likeness (QED) is 0.378. The highest BCUT2D eigenvalue weighted by molar-refractivity contribution is 5.77. The highest BCUT2D eigenvalue weighted by atomic mass is 19.2. The zero-order valence-corrected chi connectivity index (χ0v) is 11.1. The van der Waals surface area contributed by atoms with Gasteiger partial charge in [0.1, 0.15) is 11.6 Å². The Morgan fingerprint density at radius 1 is 0.792 bits per heavy atom. The second-order valence-corrected chi connectivity index (χ2v) is 4.83. The van der Waals surface area contributed by atoms with Gasteiger partial charge < -0.3 is 0 Å². The molecule has 0 saturated carbocycles. The van der Waals surface area contributed by atoms with Crippen molar-refractivity contribution in [3.8, 4) is 0 Å². The molecule has 1 aliphatic carbocycles. The number of halogens is 9. The highest BCUT2D eigenvalue weighted by Gasteiger charge is 2.55. The molecule has 1 radical (unpaired) electrons. The Bertz CT molecular complexity index is 916. The average Bonchev–Trinajstić information content (AvgIpc) is 2.75. The van der Waals surface area contributed by atoms with Gasteiger partial charge in [0.15, 0.2) is 34.9 Å². The van der Waals surface area contributed by atoms with Crippen LogP contribution in [0.1, 0.15) is 16.7 Å². The van der Waals surface area contributed by atoms with Crippen LogP contribution in [0.4, 0.5) is 39.5 Å². The minimum absolute atomic E-state index is 0.00982. The first-order valence-corrected chi connectivity index (χ1v) is 6.11. The summed E-state index contributed by atoms with van der Waals surface area (Å²) < 4.78 is 124. The maximum atomic E-state index is 15.1. The van der Waals surface area contributed by atoms with Crippen LogP contribution in [0.3, 0.4) is 0 Å². The third kappa shape index (κ3) is 1.83. The Morgan fingerprint density at radius 2 is 1.38 bits per heavy atom. The van der Waals surface area contributed by atoms with Gasteiger partial charge in [0.2, 0.25) is 5.67 Å². The van der Waals surface area contributed by atoms with Crippen LogP contribution < -0.4 is 0 Å². The van der Waals surface area contributed by atoms with Gasteiger partial charge >= 0.3 is 0 Å². The molecule has 0 fully saturated rings. The molecule has 0 aromatic heterocycles. The van der Waals surface area contributed by atoms with Crippen molar-refractivity contribution in [2.75, 3.05) is 0 Å². The molecular formula is C15H2F9. The van der Waals surface area contributed by atoms with Gasteiger partial charge in [0.05, 0.1) is 11.1 Å². The van der Waals surface area contributed by atoms with Gasteiger partial charge in [-0.25, -0.2) is 39.5 Å². The van der Waals surface area contributed by atoms with Crippen molar-refractivity contribution in [1.29, 1.82) is 0 Å². The van der Waals surface area contributed by atoms with Crippen molar-refractivity contribution < 1.29 is 39.5 Å². The Kier molecular flexibility index (Phi) is 3.43. The molecule has 9 heteroatoms. The Hall–Kier alpha value is -2.45. The molecule has 1 aliphatic rings. The van der Waals surface area contributed by atoms with Gasteiger partial charge in [-0.15, -0.1) is 0 Å². The summed E-state index contributed by atoms with van der Waals surface area (Å²) in [6.45, 7) is 0. The maximum absolute atomic E-state index is 15.1. The van der Waals surface area contributed by atoms with E-state index in [2.05, 4.69) is 0 Å². The van der Waals surface area contributed by atoms with Crippen LogP contribution in [-0.4, -0.2) is 0 Å². The summed E-state index contributed by atoms with van der Waals surface area (Å²) in [4.78, 5) is 0. The van der Waals surface area contributed by atoms with Crippen molar-refractivity contribution >= 4 is 5.83 Å². The van der Waals surface area contributed by atoms with Crippen LogP contribution in [0.25, 0.3) is 5.83 Å². The number of alkyl halides is 1. The van der Waals surface area contributed by atoms with Gasteiger partial charge in [0, 0.05) is 11.6 Å². The molecule has 1 atom stereocenters. The fourth-order valence-electron chi connectivity index (χ4n) is 2.50. The number of hydrogen-bond acceptors (Lipinski definition) is 0. The van der Waals surface area contributed by atoms with E-state index in [1.807, 2.05) is 0 Å². The number of allylic oxidation sites excluding steroid dienone is 1. The summed E-state index contributed by atoms with van der Waals surface area (Å²) in [6, 6.07) is 1.84. The van der Waals surface area contributed by atoms with E-state index in [-0.39, 0.29) is 12.1 Å². The monoisotopic (exact) mass is 353 g/mol. The van der Waals surface area contributed by atoms with E-state index in [1.54, 1.807) is 6.07 Å². The lowest BCUT2D eigenvalue weighted by atomic mass is 9.88. The third-order valence-corrected chi connectivity index (χ3v) is 3.56. The van der Waals surface area contributed by atoms with E-state index in [4.69, 9.17) is 0 Å². The summed E-state index contributed by atoms with van der Waals surface area (Å²) in [5.74, 6) is -18.0. The molecule has 24 heavy (non-hydrogen) atoms. The predicted molar refractivity (Wildman–Crippen MR) is 62.5 cm³/mol. The van der Waals surface area contributed by atoms with Crippen molar-refractivity contribution in [2.45, 2.75) is 5.67 Å². The fourth-order valence-corrected chi connectivity index (χ4v) is 2.50. The number of rotatable bonds is 1. The number of benzene rings is 2. The first-order chi connectivity index (χ1) is 11.1. The van der Waals surface area contributed by atoms with E-state index < -0.39 is 68.9 Å². The molecule has 2 aromatic rings. The third-order valence-electron chi connectivity index (χ3n) is 3.56. The molecule has 125 valence electrons. The summed E-state index contributed by atoms with van der Waals surface area (Å²) >= 11 is 0. The van der Waals surface area contributed by atoms with Gasteiger partial charge in [-0.2, -0.15) is 0 Å². The molecular weight excluding hydrogens is 351 g/mol. The van der Waals surface area contributed by atoms with Crippen LogP contribution >= 0.6 is 0 Å². The molecule has 0 heterocycles. The van der Waals surface area contributed by atoms with Crippen molar-refractivity contribution in [2.24, 2.45) is 0 Å². The lowest BCUT2D eigenvalue weighted by molar-refractivity contribution is 0.215. The average molecular weight is 353 g/mol. The van der Waals surface area contributed by atoms with E-state index in [9.17, 15) is 35.1 Å². The Morgan fingerprint density at radius 3 is 2.00 bits per heavy atom. The highest BCUT2D eigenvalue weighted by Crippen LogP contribution is 2.55. The normalized spacial score (nSPS) is 19.9. The molecule has 0 saturated heterocycles. The zero-order valence-electron chi connectivity index (χ0n) is 11.1. The van der Waals surface area contributed by atoms with E-state index in [0.717, 1.165) is 0 Å². The number of hydrogen-bond donors (Lipinski definition) is 0. The zero-order chi connectivity index (χ0) is 18.0. The van der Waals surface area contributed by atoms with E-state index in [1.165, 1.54) is 0 Å². The maximum Gasteiger partial charge on any atom is 0.221 e. The summed E-state index contributed by atoms with van der Waals surface area (Å²) in [5, 5.41) is 0. The van der Waals surface area contributed by atoms with Gasteiger partial charge in [0.25, 0.3) is 0 Å². The second kappa shape index (κ2) is 5.02. The lowest BCUT2D eigenvalue weighted by Crippen LogP contribution is -2.25. The van der Waals surface area contributed by atoms with E-state index in [0.29, 0.717) is 0 Å². The molecule has 0 N–H and O–H groups in total. The van der Waals surface area contributed by atoms with Gasteiger partial charge in [-0.1, -0.05) is 0 Å². The molecule has 0 aliphatic heterocycles. The van der Waals surface area contributed by atoms with Crippen LogP contribution in [-0.2, 0) is 5.67 Å². The molecule has 0 spiro atoms. The summed E-state index contributed by atoms with van der Waals surface area (Å²) in [6.07, 6.45) is 0. The van der Waals surface area contributed by atoms with Crippen LogP contribution in [0.5, 0.6) is 0 Å². The molecule has 3 rings (SSSR count). The first kappa shape index (κ1) is 16.4. The SMILES string of the molecule is FC1=C(F)C(F)(c2cc(F)[c]cc2F)c2c(F)c(F)c(F)c(F)c21. The fraction of sp³-hybridized carbons (Fsp3) is 0.0667. The Labute approximate surface area is 127 Å².